The first-order chi connectivity index (χ1) is 8.89. The molecular weight excluding hydrogens is 261 g/mol. The Labute approximate surface area is 107 Å². The van der Waals surface area contributed by atoms with E-state index in [1.807, 2.05) is 0 Å². The van der Waals surface area contributed by atoms with Crippen LogP contribution in [0.3, 0.4) is 0 Å². The van der Waals surface area contributed by atoms with E-state index in [0.717, 1.165) is 6.08 Å². The van der Waals surface area contributed by atoms with Gasteiger partial charge in [-0.3, -0.25) is 0 Å². The SMILES string of the molecule is O=C(O)C1=CCN(c2ccccn2)CC1C(F)(F)F. The van der Waals surface area contributed by atoms with Crippen molar-refractivity contribution < 1.29 is 23.1 Å². The largest absolute Gasteiger partial charge is 0.478 e. The van der Waals surface area contributed by atoms with Crippen molar-refractivity contribution in [1.29, 1.82) is 0 Å². The van der Waals surface area contributed by atoms with E-state index >= 15 is 0 Å². The van der Waals surface area contributed by atoms with Crippen LogP contribution in [0, 0.1) is 5.92 Å². The van der Waals surface area contributed by atoms with E-state index < -0.39 is 30.2 Å². The predicted octanol–water partition coefficient (Wildman–Crippen LogP) is 2.09. The average Bonchev–Trinajstić information content (AvgIpc) is 2.38. The summed E-state index contributed by atoms with van der Waals surface area (Å²) < 4.78 is 38.7. The fraction of sp³-hybridized carbons (Fsp3) is 0.333. The number of alkyl halides is 3. The van der Waals surface area contributed by atoms with Gasteiger partial charge in [0.05, 0.1) is 0 Å². The number of carboxylic acids is 1. The molecular formula is C12H11F3N2O2. The summed E-state index contributed by atoms with van der Waals surface area (Å²) in [6.45, 7) is -0.329. The number of pyridine rings is 1. The highest BCUT2D eigenvalue weighted by Gasteiger charge is 2.46. The Balaban J connectivity index is 2.29. The summed E-state index contributed by atoms with van der Waals surface area (Å²) in [6.07, 6.45) is -2.01. The van der Waals surface area contributed by atoms with Crippen molar-refractivity contribution in [2.24, 2.45) is 5.92 Å². The maximum Gasteiger partial charge on any atom is 0.397 e. The van der Waals surface area contributed by atoms with Gasteiger partial charge in [0.25, 0.3) is 0 Å². The van der Waals surface area contributed by atoms with Gasteiger partial charge in [0.2, 0.25) is 0 Å². The van der Waals surface area contributed by atoms with Crippen molar-refractivity contribution in [3.8, 4) is 0 Å². The fourth-order valence-electron chi connectivity index (χ4n) is 1.99. The Kier molecular flexibility index (Phi) is 3.46. The maximum absolute atomic E-state index is 12.9. The Bertz CT molecular complexity index is 499. The number of aromatic nitrogens is 1. The van der Waals surface area contributed by atoms with Crippen molar-refractivity contribution in [3.05, 3.63) is 36.0 Å². The third-order valence-electron chi connectivity index (χ3n) is 2.93. The molecule has 102 valence electrons. The monoisotopic (exact) mass is 272 g/mol. The predicted molar refractivity (Wildman–Crippen MR) is 61.7 cm³/mol. The minimum atomic E-state index is -4.59. The zero-order chi connectivity index (χ0) is 14.0. The summed E-state index contributed by atoms with van der Waals surface area (Å²) in [7, 11) is 0. The summed E-state index contributed by atoms with van der Waals surface area (Å²) in [4.78, 5) is 16.2. The molecule has 1 aromatic rings. The van der Waals surface area contributed by atoms with Gasteiger partial charge >= 0.3 is 12.1 Å². The van der Waals surface area contributed by atoms with Crippen LogP contribution in [0.5, 0.6) is 0 Å². The molecule has 1 unspecified atom stereocenters. The number of aliphatic carboxylic acids is 1. The second-order valence-corrected chi connectivity index (χ2v) is 4.15. The Hall–Kier alpha value is -2.05. The number of nitrogens with zero attached hydrogens (tertiary/aromatic N) is 2. The second-order valence-electron chi connectivity index (χ2n) is 4.15. The van der Waals surface area contributed by atoms with E-state index in [9.17, 15) is 18.0 Å². The molecule has 1 N–H and O–H groups in total. The molecule has 1 aliphatic heterocycles. The minimum Gasteiger partial charge on any atom is -0.478 e. The maximum atomic E-state index is 12.9. The molecule has 0 amide bonds. The summed E-state index contributed by atoms with van der Waals surface area (Å²) in [5, 5.41) is 8.83. The quantitative estimate of drug-likeness (QED) is 0.895. The zero-order valence-corrected chi connectivity index (χ0v) is 9.76. The van der Waals surface area contributed by atoms with Crippen molar-refractivity contribution >= 4 is 11.8 Å². The molecule has 0 aliphatic carbocycles. The molecule has 0 bridgehead atoms. The van der Waals surface area contributed by atoms with E-state index in [4.69, 9.17) is 5.11 Å². The van der Waals surface area contributed by atoms with Crippen LogP contribution in [0.1, 0.15) is 0 Å². The van der Waals surface area contributed by atoms with Crippen LogP contribution in [0.15, 0.2) is 36.0 Å². The van der Waals surface area contributed by atoms with Gasteiger partial charge in [-0.25, -0.2) is 9.78 Å². The van der Waals surface area contributed by atoms with Crippen LogP contribution in [-0.2, 0) is 4.79 Å². The third kappa shape index (κ3) is 2.86. The van der Waals surface area contributed by atoms with E-state index in [2.05, 4.69) is 4.98 Å². The van der Waals surface area contributed by atoms with Gasteiger partial charge in [0.15, 0.2) is 0 Å². The molecule has 0 fully saturated rings. The van der Waals surface area contributed by atoms with Crippen LogP contribution in [-0.4, -0.2) is 35.3 Å². The molecule has 0 aromatic carbocycles. The fourth-order valence-corrected chi connectivity index (χ4v) is 1.99. The number of hydrogen-bond donors (Lipinski definition) is 1. The molecule has 7 heteroatoms. The van der Waals surface area contributed by atoms with Crippen LogP contribution in [0.25, 0.3) is 0 Å². The second kappa shape index (κ2) is 4.91. The van der Waals surface area contributed by atoms with Gasteiger partial charge in [-0.1, -0.05) is 12.1 Å². The van der Waals surface area contributed by atoms with Crippen molar-refractivity contribution in [2.75, 3.05) is 18.0 Å². The molecule has 1 aromatic heterocycles. The lowest BCUT2D eigenvalue weighted by molar-refractivity contribution is -0.168. The number of halogens is 3. The van der Waals surface area contributed by atoms with Crippen LogP contribution in [0.4, 0.5) is 19.0 Å². The smallest absolute Gasteiger partial charge is 0.397 e. The first kappa shape index (κ1) is 13.4. The number of anilines is 1. The molecule has 0 radical (unpaired) electrons. The van der Waals surface area contributed by atoms with E-state index in [1.54, 1.807) is 18.2 Å². The van der Waals surface area contributed by atoms with E-state index in [0.29, 0.717) is 5.82 Å². The molecule has 2 heterocycles. The lowest BCUT2D eigenvalue weighted by Crippen LogP contribution is -2.43. The summed E-state index contributed by atoms with van der Waals surface area (Å²) in [5.41, 5.74) is -0.598. The number of carbonyl (C=O) groups is 1. The van der Waals surface area contributed by atoms with Crippen molar-refractivity contribution in [1.82, 2.24) is 4.98 Å². The molecule has 0 spiro atoms. The van der Waals surface area contributed by atoms with Crippen LogP contribution < -0.4 is 4.90 Å². The highest BCUT2D eigenvalue weighted by Crippen LogP contribution is 2.35. The van der Waals surface area contributed by atoms with Gasteiger partial charge in [0, 0.05) is 24.9 Å². The first-order valence-electron chi connectivity index (χ1n) is 5.55. The van der Waals surface area contributed by atoms with Crippen molar-refractivity contribution in [3.63, 3.8) is 0 Å². The normalized spacial score (nSPS) is 20.1. The van der Waals surface area contributed by atoms with Gasteiger partial charge in [-0.15, -0.1) is 0 Å². The standard InChI is InChI=1S/C12H11F3N2O2/c13-12(14,15)9-7-17(6-4-8(9)11(18)19)10-3-1-2-5-16-10/h1-5,9H,6-7H2,(H,18,19). The molecule has 1 atom stereocenters. The first-order valence-corrected chi connectivity index (χ1v) is 5.55. The van der Waals surface area contributed by atoms with E-state index in [-0.39, 0.29) is 6.54 Å². The van der Waals surface area contributed by atoms with Crippen LogP contribution in [0.2, 0.25) is 0 Å². The van der Waals surface area contributed by atoms with Crippen LogP contribution >= 0.6 is 0 Å². The van der Waals surface area contributed by atoms with Gasteiger partial charge < -0.3 is 10.0 Å². The summed E-state index contributed by atoms with van der Waals surface area (Å²) in [6, 6.07) is 4.92. The Morgan fingerprint density at radius 3 is 2.68 bits per heavy atom. The summed E-state index contributed by atoms with van der Waals surface area (Å²) in [5.74, 6) is -3.12. The zero-order valence-electron chi connectivity index (χ0n) is 9.76. The van der Waals surface area contributed by atoms with E-state index in [1.165, 1.54) is 11.1 Å². The molecule has 4 nitrogen and oxygen atoms in total. The highest BCUT2D eigenvalue weighted by atomic mass is 19.4. The number of carboxylic acid groups (broad SMARTS) is 1. The van der Waals surface area contributed by atoms with Crippen molar-refractivity contribution in [2.45, 2.75) is 6.18 Å². The molecule has 0 saturated carbocycles. The topological polar surface area (TPSA) is 53.4 Å². The molecule has 2 rings (SSSR count). The Morgan fingerprint density at radius 2 is 2.16 bits per heavy atom. The molecule has 0 saturated heterocycles. The molecule has 1 aliphatic rings. The van der Waals surface area contributed by atoms with Gasteiger partial charge in [0.1, 0.15) is 11.7 Å². The Morgan fingerprint density at radius 1 is 1.42 bits per heavy atom. The molecule has 19 heavy (non-hydrogen) atoms. The number of rotatable bonds is 2. The van der Waals surface area contributed by atoms with Gasteiger partial charge in [-0.2, -0.15) is 13.2 Å². The summed E-state index contributed by atoms with van der Waals surface area (Å²) >= 11 is 0. The van der Waals surface area contributed by atoms with Gasteiger partial charge in [-0.05, 0) is 12.1 Å². The lowest BCUT2D eigenvalue weighted by atomic mass is 9.94. The average molecular weight is 272 g/mol. The highest BCUT2D eigenvalue weighted by molar-refractivity contribution is 5.88. The third-order valence-corrected chi connectivity index (χ3v) is 2.93. The minimum absolute atomic E-state index is 0.102. The lowest BCUT2D eigenvalue weighted by Gasteiger charge is -2.33. The number of hydrogen-bond acceptors (Lipinski definition) is 3.